The van der Waals surface area contributed by atoms with Crippen LogP contribution in [-0.2, 0) is 5.92 Å². The van der Waals surface area contributed by atoms with Gasteiger partial charge < -0.3 is 5.73 Å². The van der Waals surface area contributed by atoms with Gasteiger partial charge in [-0.25, -0.2) is 0 Å². The quantitative estimate of drug-likeness (QED) is 0.865. The number of halogens is 3. The average molecular weight is 256 g/mol. The van der Waals surface area contributed by atoms with Crippen molar-refractivity contribution in [2.75, 3.05) is 6.54 Å². The van der Waals surface area contributed by atoms with Gasteiger partial charge in [0.05, 0.1) is 11.4 Å². The maximum Gasteiger partial charge on any atom is 0.295 e. The van der Waals surface area contributed by atoms with Crippen molar-refractivity contribution in [3.63, 3.8) is 0 Å². The maximum atomic E-state index is 13.0. The third-order valence-corrected chi connectivity index (χ3v) is 3.45. The summed E-state index contributed by atoms with van der Waals surface area (Å²) in [6.45, 7) is 1.14. The Labute approximate surface area is 81.7 Å². The zero-order chi connectivity index (χ0) is 9.35. The fourth-order valence-electron chi connectivity index (χ4n) is 0.825. The number of rotatable bonds is 2. The van der Waals surface area contributed by atoms with E-state index < -0.39 is 12.5 Å². The predicted molar refractivity (Wildman–Crippen MR) is 49.7 cm³/mol. The molecule has 1 rings (SSSR count). The highest BCUT2D eigenvalue weighted by Crippen LogP contribution is 2.38. The Morgan fingerprint density at radius 1 is 1.67 bits per heavy atom. The first kappa shape index (κ1) is 10.1. The molecule has 0 aliphatic rings. The molecule has 0 radical (unpaired) electrons. The van der Waals surface area contributed by atoms with Crippen molar-refractivity contribution < 1.29 is 8.78 Å². The molecule has 0 unspecified atom stereocenters. The van der Waals surface area contributed by atoms with Gasteiger partial charge in [-0.1, -0.05) is 0 Å². The molecular formula is C7H8BrF2NS. The number of alkyl halides is 2. The molecule has 68 valence electrons. The van der Waals surface area contributed by atoms with E-state index in [9.17, 15) is 8.78 Å². The summed E-state index contributed by atoms with van der Waals surface area (Å²) in [5.74, 6) is -2.90. The molecular weight excluding hydrogens is 248 g/mol. The lowest BCUT2D eigenvalue weighted by Crippen LogP contribution is -2.24. The van der Waals surface area contributed by atoms with Gasteiger partial charge in [-0.2, -0.15) is 8.78 Å². The van der Waals surface area contributed by atoms with Crippen LogP contribution in [0.1, 0.15) is 9.75 Å². The van der Waals surface area contributed by atoms with Crippen LogP contribution in [-0.4, -0.2) is 6.54 Å². The molecule has 5 heteroatoms. The lowest BCUT2D eigenvalue weighted by molar-refractivity contribution is 0.00921. The Morgan fingerprint density at radius 3 is 2.58 bits per heavy atom. The van der Waals surface area contributed by atoms with Crippen molar-refractivity contribution in [1.29, 1.82) is 0 Å². The van der Waals surface area contributed by atoms with E-state index in [1.54, 1.807) is 13.0 Å². The number of aryl methyl sites for hydroxylation is 1. The molecule has 1 heterocycles. The van der Waals surface area contributed by atoms with E-state index in [1.165, 1.54) is 0 Å². The third kappa shape index (κ3) is 1.84. The first-order valence-electron chi connectivity index (χ1n) is 3.31. The Bertz CT molecular complexity index is 285. The highest BCUT2D eigenvalue weighted by molar-refractivity contribution is 9.10. The Morgan fingerprint density at radius 2 is 2.25 bits per heavy atom. The lowest BCUT2D eigenvalue weighted by Gasteiger charge is -2.11. The minimum atomic E-state index is -2.90. The van der Waals surface area contributed by atoms with E-state index in [0.717, 1.165) is 16.2 Å². The van der Waals surface area contributed by atoms with Crippen LogP contribution < -0.4 is 5.73 Å². The molecule has 0 spiro atoms. The fourth-order valence-corrected chi connectivity index (χ4v) is 2.74. The van der Waals surface area contributed by atoms with Gasteiger partial charge in [-0.05, 0) is 28.9 Å². The highest BCUT2D eigenvalue weighted by atomic mass is 79.9. The summed E-state index contributed by atoms with van der Waals surface area (Å²) in [4.78, 5) is 0.868. The van der Waals surface area contributed by atoms with Gasteiger partial charge in [0, 0.05) is 9.35 Å². The van der Waals surface area contributed by atoms with E-state index in [1.807, 2.05) is 0 Å². The normalized spacial score (nSPS) is 12.1. The number of nitrogens with two attached hydrogens (primary N) is 1. The predicted octanol–water partition coefficient (Wildman–Crippen LogP) is 2.87. The van der Waals surface area contributed by atoms with Gasteiger partial charge in [0.2, 0.25) is 0 Å². The monoisotopic (exact) mass is 255 g/mol. The van der Waals surface area contributed by atoms with Crippen LogP contribution in [0.5, 0.6) is 0 Å². The minimum Gasteiger partial charge on any atom is -0.325 e. The van der Waals surface area contributed by atoms with Gasteiger partial charge in [0.15, 0.2) is 0 Å². The summed E-state index contributed by atoms with van der Waals surface area (Å²) in [7, 11) is 0. The zero-order valence-corrected chi connectivity index (χ0v) is 8.81. The summed E-state index contributed by atoms with van der Waals surface area (Å²) in [6, 6.07) is 1.67. The van der Waals surface area contributed by atoms with Gasteiger partial charge in [0.1, 0.15) is 0 Å². The molecule has 0 aliphatic heterocycles. The largest absolute Gasteiger partial charge is 0.325 e. The molecule has 0 fully saturated rings. The molecule has 12 heavy (non-hydrogen) atoms. The lowest BCUT2D eigenvalue weighted by atomic mass is 10.3. The second-order valence-electron chi connectivity index (χ2n) is 2.44. The van der Waals surface area contributed by atoms with Crippen LogP contribution in [0.2, 0.25) is 0 Å². The maximum absolute atomic E-state index is 13.0. The molecule has 0 saturated carbocycles. The van der Waals surface area contributed by atoms with Crippen LogP contribution in [0.15, 0.2) is 10.5 Å². The SMILES string of the molecule is Cc1cc(Br)c(C(F)(F)CN)s1. The van der Waals surface area contributed by atoms with Crippen LogP contribution in [0, 0.1) is 6.92 Å². The second-order valence-corrected chi connectivity index (χ2v) is 4.55. The second kappa shape index (κ2) is 3.40. The van der Waals surface area contributed by atoms with Crippen LogP contribution in [0.3, 0.4) is 0 Å². The first-order chi connectivity index (χ1) is 5.47. The van der Waals surface area contributed by atoms with E-state index >= 15 is 0 Å². The molecule has 0 saturated heterocycles. The van der Waals surface area contributed by atoms with Crippen molar-refractivity contribution >= 4 is 27.3 Å². The summed E-state index contributed by atoms with van der Waals surface area (Å²) in [6.07, 6.45) is 0. The minimum absolute atomic E-state index is 0.0162. The number of thiophene rings is 1. The first-order valence-corrected chi connectivity index (χ1v) is 4.92. The fraction of sp³-hybridized carbons (Fsp3) is 0.429. The number of hydrogen-bond donors (Lipinski definition) is 1. The van der Waals surface area contributed by atoms with Crippen molar-refractivity contribution in [2.24, 2.45) is 5.73 Å². The standard InChI is InChI=1S/C7H8BrF2NS/c1-4-2-5(8)6(12-4)7(9,10)3-11/h2H,3,11H2,1H3. The topological polar surface area (TPSA) is 26.0 Å². The van der Waals surface area contributed by atoms with Crippen molar-refractivity contribution in [2.45, 2.75) is 12.8 Å². The van der Waals surface area contributed by atoms with Gasteiger partial charge in [-0.3, -0.25) is 0 Å². The molecule has 2 N–H and O–H groups in total. The van der Waals surface area contributed by atoms with E-state index in [4.69, 9.17) is 5.73 Å². The Balaban J connectivity index is 3.09. The summed E-state index contributed by atoms with van der Waals surface area (Å²) >= 11 is 4.14. The van der Waals surface area contributed by atoms with E-state index in [0.29, 0.717) is 4.47 Å². The van der Waals surface area contributed by atoms with Crippen LogP contribution in [0.4, 0.5) is 8.78 Å². The molecule has 0 aliphatic carbocycles. The van der Waals surface area contributed by atoms with Gasteiger partial charge in [0.25, 0.3) is 5.92 Å². The van der Waals surface area contributed by atoms with Crippen LogP contribution in [0.25, 0.3) is 0 Å². The Kier molecular flexibility index (Phi) is 2.85. The smallest absolute Gasteiger partial charge is 0.295 e. The molecule has 0 amide bonds. The summed E-state index contributed by atoms with van der Waals surface area (Å²) < 4.78 is 26.5. The van der Waals surface area contributed by atoms with Crippen LogP contribution >= 0.6 is 27.3 Å². The van der Waals surface area contributed by atoms with Crippen molar-refractivity contribution in [1.82, 2.24) is 0 Å². The average Bonchev–Trinajstić information content (AvgIpc) is 2.31. The molecule has 1 aromatic rings. The van der Waals surface area contributed by atoms with E-state index in [2.05, 4.69) is 15.9 Å². The van der Waals surface area contributed by atoms with E-state index in [-0.39, 0.29) is 4.88 Å². The van der Waals surface area contributed by atoms with Crippen molar-refractivity contribution in [3.05, 3.63) is 20.3 Å². The molecule has 1 aromatic heterocycles. The highest BCUT2D eigenvalue weighted by Gasteiger charge is 2.33. The molecule has 1 nitrogen and oxygen atoms in total. The summed E-state index contributed by atoms with van der Waals surface area (Å²) in [5.41, 5.74) is 4.95. The zero-order valence-electron chi connectivity index (χ0n) is 6.40. The number of hydrogen-bond acceptors (Lipinski definition) is 2. The molecule has 0 bridgehead atoms. The summed E-state index contributed by atoms with van der Waals surface area (Å²) in [5, 5.41) is 0. The molecule has 0 atom stereocenters. The molecule has 0 aromatic carbocycles. The van der Waals surface area contributed by atoms with Gasteiger partial charge in [-0.15, -0.1) is 11.3 Å². The Hall–Kier alpha value is -0.0000000000000000555. The third-order valence-electron chi connectivity index (χ3n) is 1.40. The van der Waals surface area contributed by atoms with Gasteiger partial charge >= 0.3 is 0 Å². The van der Waals surface area contributed by atoms with Crippen molar-refractivity contribution in [3.8, 4) is 0 Å².